The maximum Gasteiger partial charge on any atom is 0.119 e. The van der Waals surface area contributed by atoms with Gasteiger partial charge in [0.05, 0.1) is 11.6 Å². The highest BCUT2D eigenvalue weighted by molar-refractivity contribution is 5.51. The normalized spacial score (nSPS) is 10.3. The van der Waals surface area contributed by atoms with Crippen LogP contribution in [0.3, 0.4) is 0 Å². The molecule has 0 aliphatic carbocycles. The zero-order valence-corrected chi connectivity index (χ0v) is 10.8. The van der Waals surface area contributed by atoms with Gasteiger partial charge >= 0.3 is 0 Å². The van der Waals surface area contributed by atoms with Gasteiger partial charge in [0, 0.05) is 0 Å². The molecule has 0 fully saturated rings. The van der Waals surface area contributed by atoms with Crippen LogP contribution in [0.15, 0.2) is 54.6 Å². The van der Waals surface area contributed by atoms with Crippen molar-refractivity contribution in [3.63, 3.8) is 0 Å². The van der Waals surface area contributed by atoms with Crippen LogP contribution in [-0.2, 0) is 0 Å². The molecule has 0 aliphatic heterocycles. The van der Waals surface area contributed by atoms with Gasteiger partial charge in [-0.3, -0.25) is 0 Å². The summed E-state index contributed by atoms with van der Waals surface area (Å²) in [6.45, 7) is 2.58. The number of ether oxygens (including phenoxy) is 1. The summed E-state index contributed by atoms with van der Waals surface area (Å²) >= 11 is 0. The molecule has 2 heteroatoms. The number of benzene rings is 2. The number of nitrogens with zero attached hydrogens (tertiary/aromatic N) is 1. The highest BCUT2D eigenvalue weighted by atomic mass is 16.5. The standard InChI is InChI=1S/C17H15NO/c1-14-4-10-17(11-5-14)19-12-2-3-15-6-8-16(13-18)9-7-15/h2-11H,12H2,1H3. The average molecular weight is 249 g/mol. The number of nitriles is 1. The minimum atomic E-state index is 0.531. The summed E-state index contributed by atoms with van der Waals surface area (Å²) in [5.74, 6) is 0.870. The van der Waals surface area contributed by atoms with Gasteiger partial charge in [-0.05, 0) is 42.8 Å². The molecule has 0 aromatic heterocycles. The average Bonchev–Trinajstić information content (AvgIpc) is 2.46. The van der Waals surface area contributed by atoms with Crippen molar-refractivity contribution in [3.05, 3.63) is 71.3 Å². The molecule has 0 bridgehead atoms. The minimum absolute atomic E-state index is 0.531. The summed E-state index contributed by atoms with van der Waals surface area (Å²) in [5, 5.41) is 8.70. The summed E-state index contributed by atoms with van der Waals surface area (Å²) < 4.78 is 5.59. The predicted molar refractivity (Wildman–Crippen MR) is 76.9 cm³/mol. The lowest BCUT2D eigenvalue weighted by Gasteiger charge is -2.02. The highest BCUT2D eigenvalue weighted by Crippen LogP contribution is 2.11. The second-order valence-corrected chi connectivity index (χ2v) is 4.26. The summed E-state index contributed by atoms with van der Waals surface area (Å²) in [4.78, 5) is 0. The number of aryl methyl sites for hydroxylation is 1. The summed E-state index contributed by atoms with van der Waals surface area (Å²) in [6.07, 6.45) is 3.94. The molecule has 0 unspecified atom stereocenters. The molecule has 2 aromatic carbocycles. The van der Waals surface area contributed by atoms with Gasteiger partial charge in [-0.1, -0.05) is 35.9 Å². The third-order valence-electron chi connectivity index (χ3n) is 2.72. The van der Waals surface area contributed by atoms with E-state index in [2.05, 4.69) is 13.0 Å². The van der Waals surface area contributed by atoms with E-state index in [1.807, 2.05) is 48.6 Å². The number of rotatable bonds is 4. The Morgan fingerprint density at radius 1 is 1.05 bits per heavy atom. The van der Waals surface area contributed by atoms with Gasteiger partial charge in [0.2, 0.25) is 0 Å². The Bertz CT molecular complexity index is 589. The van der Waals surface area contributed by atoms with E-state index in [0.717, 1.165) is 11.3 Å². The second-order valence-electron chi connectivity index (χ2n) is 4.26. The van der Waals surface area contributed by atoms with E-state index in [1.165, 1.54) is 5.56 Å². The lowest BCUT2D eigenvalue weighted by molar-refractivity contribution is 0.363. The first-order valence-electron chi connectivity index (χ1n) is 6.14. The zero-order valence-electron chi connectivity index (χ0n) is 10.8. The molecular formula is C17H15NO. The first kappa shape index (κ1) is 12.9. The van der Waals surface area contributed by atoms with Gasteiger partial charge in [-0.25, -0.2) is 0 Å². The van der Waals surface area contributed by atoms with Gasteiger partial charge in [-0.2, -0.15) is 5.26 Å². The van der Waals surface area contributed by atoms with Crippen molar-refractivity contribution < 1.29 is 4.74 Å². The van der Waals surface area contributed by atoms with Gasteiger partial charge in [0.1, 0.15) is 12.4 Å². The first-order chi connectivity index (χ1) is 9.28. The van der Waals surface area contributed by atoms with E-state index < -0.39 is 0 Å². The molecule has 2 nitrogen and oxygen atoms in total. The third-order valence-corrected chi connectivity index (χ3v) is 2.72. The van der Waals surface area contributed by atoms with Crippen LogP contribution < -0.4 is 4.74 Å². The Balaban J connectivity index is 1.86. The zero-order chi connectivity index (χ0) is 13.5. The van der Waals surface area contributed by atoms with Crippen LogP contribution in [0.4, 0.5) is 0 Å². The molecule has 0 atom stereocenters. The second kappa shape index (κ2) is 6.42. The first-order valence-corrected chi connectivity index (χ1v) is 6.14. The molecule has 2 aromatic rings. The fourth-order valence-electron chi connectivity index (χ4n) is 1.63. The Labute approximate surface area is 113 Å². The number of hydrogen-bond donors (Lipinski definition) is 0. The SMILES string of the molecule is Cc1ccc(OCC=Cc2ccc(C#N)cc2)cc1. The van der Waals surface area contributed by atoms with E-state index in [0.29, 0.717) is 12.2 Å². The van der Waals surface area contributed by atoms with Crippen LogP contribution in [-0.4, -0.2) is 6.61 Å². The molecule has 0 spiro atoms. The lowest BCUT2D eigenvalue weighted by atomic mass is 10.1. The van der Waals surface area contributed by atoms with Crippen molar-refractivity contribution in [2.75, 3.05) is 6.61 Å². The van der Waals surface area contributed by atoms with Crippen molar-refractivity contribution in [1.82, 2.24) is 0 Å². The van der Waals surface area contributed by atoms with E-state index in [4.69, 9.17) is 10.00 Å². The smallest absolute Gasteiger partial charge is 0.119 e. The molecule has 94 valence electrons. The largest absolute Gasteiger partial charge is 0.490 e. The molecule has 0 saturated heterocycles. The summed E-state index contributed by atoms with van der Waals surface area (Å²) in [7, 11) is 0. The molecule has 0 radical (unpaired) electrons. The quantitative estimate of drug-likeness (QED) is 0.821. The third kappa shape index (κ3) is 4.01. The monoisotopic (exact) mass is 249 g/mol. The molecule has 0 N–H and O–H groups in total. The van der Waals surface area contributed by atoms with Crippen LogP contribution in [0.25, 0.3) is 6.08 Å². The fourth-order valence-corrected chi connectivity index (χ4v) is 1.63. The maximum atomic E-state index is 8.70. The topological polar surface area (TPSA) is 33.0 Å². The van der Waals surface area contributed by atoms with E-state index in [1.54, 1.807) is 12.1 Å². The van der Waals surface area contributed by atoms with E-state index in [-0.39, 0.29) is 0 Å². The Kier molecular flexibility index (Phi) is 4.36. The van der Waals surface area contributed by atoms with E-state index in [9.17, 15) is 0 Å². The van der Waals surface area contributed by atoms with Crippen LogP contribution in [0.2, 0.25) is 0 Å². The maximum absolute atomic E-state index is 8.70. The molecule has 2 rings (SSSR count). The highest BCUT2D eigenvalue weighted by Gasteiger charge is 1.91. The predicted octanol–water partition coefficient (Wildman–Crippen LogP) is 3.96. The van der Waals surface area contributed by atoms with E-state index >= 15 is 0 Å². The van der Waals surface area contributed by atoms with Crippen molar-refractivity contribution in [1.29, 1.82) is 5.26 Å². The van der Waals surface area contributed by atoms with Gasteiger partial charge in [-0.15, -0.1) is 0 Å². The fraction of sp³-hybridized carbons (Fsp3) is 0.118. The van der Waals surface area contributed by atoms with Gasteiger partial charge in [0.25, 0.3) is 0 Å². The van der Waals surface area contributed by atoms with Crippen molar-refractivity contribution in [2.24, 2.45) is 0 Å². The summed E-state index contributed by atoms with van der Waals surface area (Å²) in [5.41, 5.74) is 2.96. The molecule has 0 heterocycles. The minimum Gasteiger partial charge on any atom is -0.490 e. The van der Waals surface area contributed by atoms with Crippen LogP contribution in [0.1, 0.15) is 16.7 Å². The van der Waals surface area contributed by atoms with Crippen molar-refractivity contribution >= 4 is 6.08 Å². The lowest BCUT2D eigenvalue weighted by Crippen LogP contribution is -1.92. The Morgan fingerprint density at radius 2 is 1.74 bits per heavy atom. The number of hydrogen-bond acceptors (Lipinski definition) is 2. The Hall–Kier alpha value is -2.53. The molecule has 0 amide bonds. The van der Waals surface area contributed by atoms with Gasteiger partial charge < -0.3 is 4.74 Å². The molecule has 0 aliphatic rings. The molecular weight excluding hydrogens is 234 g/mol. The van der Waals surface area contributed by atoms with Crippen molar-refractivity contribution in [2.45, 2.75) is 6.92 Å². The molecule has 19 heavy (non-hydrogen) atoms. The van der Waals surface area contributed by atoms with Crippen LogP contribution >= 0.6 is 0 Å². The summed E-state index contributed by atoms with van der Waals surface area (Å²) in [6, 6.07) is 17.5. The van der Waals surface area contributed by atoms with Crippen LogP contribution in [0, 0.1) is 18.3 Å². The Morgan fingerprint density at radius 3 is 2.37 bits per heavy atom. The van der Waals surface area contributed by atoms with Crippen LogP contribution in [0.5, 0.6) is 5.75 Å². The molecule has 0 saturated carbocycles. The van der Waals surface area contributed by atoms with Crippen molar-refractivity contribution in [3.8, 4) is 11.8 Å². The van der Waals surface area contributed by atoms with Gasteiger partial charge in [0.15, 0.2) is 0 Å².